The van der Waals surface area contributed by atoms with E-state index in [-0.39, 0.29) is 18.6 Å². The number of nitrogens with zero attached hydrogens (tertiary/aromatic N) is 2. The maximum Gasteiger partial charge on any atom is 0.341 e. The molecule has 204 valence electrons. The second kappa shape index (κ2) is 13.7. The zero-order valence-electron chi connectivity index (χ0n) is 22.6. The normalized spacial score (nSPS) is 15.4. The molecule has 1 aromatic carbocycles. The van der Waals surface area contributed by atoms with Crippen molar-refractivity contribution in [2.75, 3.05) is 56.8 Å². The van der Waals surface area contributed by atoms with Gasteiger partial charge in [0.15, 0.2) is 0 Å². The average molecular weight is 534 g/mol. The van der Waals surface area contributed by atoms with Gasteiger partial charge in [-0.1, -0.05) is 11.6 Å². The molecular formula is C27H39N3O6S. The van der Waals surface area contributed by atoms with Gasteiger partial charge in [-0.05, 0) is 46.1 Å². The second-order valence-corrected chi connectivity index (χ2v) is 10.2. The highest BCUT2D eigenvalue weighted by molar-refractivity contribution is 7.99. The van der Waals surface area contributed by atoms with Crippen LogP contribution in [-0.2, 0) is 27.3 Å². The van der Waals surface area contributed by atoms with Crippen molar-refractivity contribution in [2.24, 2.45) is 0 Å². The van der Waals surface area contributed by atoms with Gasteiger partial charge in [0, 0.05) is 55.4 Å². The van der Waals surface area contributed by atoms with Gasteiger partial charge in [-0.3, -0.25) is 9.69 Å². The number of rotatable bonds is 12. The predicted molar refractivity (Wildman–Crippen MR) is 145 cm³/mol. The number of allylic oxidation sites excluding steroid dienone is 2. The lowest BCUT2D eigenvalue weighted by atomic mass is 9.93. The first-order valence-corrected chi connectivity index (χ1v) is 14.0. The monoisotopic (exact) mass is 533 g/mol. The average Bonchev–Trinajstić information content (AvgIpc) is 3.54. The summed E-state index contributed by atoms with van der Waals surface area (Å²) in [5, 5.41) is 2.96. The molecular weight excluding hydrogens is 494 g/mol. The van der Waals surface area contributed by atoms with Gasteiger partial charge in [-0.15, -0.1) is 11.8 Å². The number of urea groups is 1. The van der Waals surface area contributed by atoms with Crippen LogP contribution in [0.15, 0.2) is 11.6 Å². The van der Waals surface area contributed by atoms with E-state index in [0.29, 0.717) is 61.5 Å². The van der Waals surface area contributed by atoms with Crippen molar-refractivity contribution in [3.63, 3.8) is 0 Å². The molecule has 1 N–H and O–H groups in total. The fraction of sp³-hybridized carbons (Fsp3) is 0.593. The van der Waals surface area contributed by atoms with Crippen molar-refractivity contribution in [1.29, 1.82) is 0 Å². The number of nitrogens with one attached hydrogen (secondary N) is 1. The van der Waals surface area contributed by atoms with Gasteiger partial charge in [-0.2, -0.15) is 0 Å². The maximum atomic E-state index is 13.0. The van der Waals surface area contributed by atoms with Crippen LogP contribution in [0, 0.1) is 6.92 Å². The van der Waals surface area contributed by atoms with Gasteiger partial charge in [0.1, 0.15) is 19.0 Å². The fourth-order valence-electron chi connectivity index (χ4n) is 4.55. The predicted octanol–water partition coefficient (Wildman–Crippen LogP) is 4.37. The number of hydrogen-bond acceptors (Lipinski definition) is 8. The van der Waals surface area contributed by atoms with E-state index in [0.717, 1.165) is 41.4 Å². The Labute approximate surface area is 223 Å². The number of hydrogen-bond donors (Lipinski definition) is 1. The number of anilines is 1. The largest absolute Gasteiger partial charge is 0.496 e. The summed E-state index contributed by atoms with van der Waals surface area (Å²) in [5.41, 5.74) is 4.10. The van der Waals surface area contributed by atoms with Crippen molar-refractivity contribution < 1.29 is 28.6 Å². The molecule has 9 nitrogen and oxygen atoms in total. The van der Waals surface area contributed by atoms with Crippen molar-refractivity contribution in [2.45, 2.75) is 53.6 Å². The van der Waals surface area contributed by atoms with Crippen molar-refractivity contribution >= 4 is 35.4 Å². The summed E-state index contributed by atoms with van der Waals surface area (Å²) in [6.07, 6.45) is 3.29. The molecule has 0 atom stereocenters. The number of methoxy groups -OCH3 is 1. The molecule has 37 heavy (non-hydrogen) atoms. The number of carbonyl (C=O) groups excluding carboxylic acids is 3. The third-order valence-electron chi connectivity index (χ3n) is 6.83. The Morgan fingerprint density at radius 2 is 2.00 bits per heavy atom. The first-order valence-electron chi connectivity index (χ1n) is 12.9. The molecule has 0 spiro atoms. The van der Waals surface area contributed by atoms with E-state index < -0.39 is 5.97 Å². The highest BCUT2D eigenvalue weighted by Crippen LogP contribution is 2.41. The van der Waals surface area contributed by atoms with Gasteiger partial charge in [0.25, 0.3) is 0 Å². The van der Waals surface area contributed by atoms with Crippen LogP contribution in [0.2, 0.25) is 0 Å². The second-order valence-electron chi connectivity index (χ2n) is 9.17. The molecule has 2 heterocycles. The van der Waals surface area contributed by atoms with Gasteiger partial charge in [-0.25, -0.2) is 9.59 Å². The van der Waals surface area contributed by atoms with Crippen LogP contribution in [0.1, 0.15) is 60.7 Å². The van der Waals surface area contributed by atoms with Crippen molar-refractivity contribution in [3.8, 4) is 5.75 Å². The Morgan fingerprint density at radius 1 is 1.24 bits per heavy atom. The first kappa shape index (κ1) is 28.8. The number of carbonyl (C=O) groups is 3. The molecule has 1 aromatic rings. The third-order valence-corrected chi connectivity index (χ3v) is 7.85. The maximum absolute atomic E-state index is 13.0. The summed E-state index contributed by atoms with van der Waals surface area (Å²) in [6.45, 7) is 11.1. The SMILES string of the molecule is CCN(CC)C(=O)Nc1c(C/C=C(\C)CCC(=O)OCCN2CCSC2)c(OC)c(C)c2c1C(=O)OC2. The fourth-order valence-corrected chi connectivity index (χ4v) is 5.59. The van der Waals surface area contributed by atoms with Crippen molar-refractivity contribution in [1.82, 2.24) is 9.80 Å². The lowest BCUT2D eigenvalue weighted by Gasteiger charge is -2.23. The summed E-state index contributed by atoms with van der Waals surface area (Å²) in [6, 6.07) is -0.282. The van der Waals surface area contributed by atoms with E-state index in [2.05, 4.69) is 10.2 Å². The summed E-state index contributed by atoms with van der Waals surface area (Å²) >= 11 is 1.89. The van der Waals surface area contributed by atoms with E-state index in [9.17, 15) is 14.4 Å². The number of fused-ring (bicyclic) bond motifs is 1. The quantitative estimate of drug-likeness (QED) is 0.313. The number of ether oxygens (including phenoxy) is 3. The summed E-state index contributed by atoms with van der Waals surface area (Å²) in [4.78, 5) is 41.8. The van der Waals surface area contributed by atoms with E-state index in [1.807, 2.05) is 45.5 Å². The van der Waals surface area contributed by atoms with Gasteiger partial charge >= 0.3 is 18.0 Å². The van der Waals surface area contributed by atoms with Crippen LogP contribution in [0.5, 0.6) is 5.75 Å². The highest BCUT2D eigenvalue weighted by atomic mass is 32.2. The van der Waals surface area contributed by atoms with E-state index >= 15 is 0 Å². The zero-order valence-corrected chi connectivity index (χ0v) is 23.4. The molecule has 0 radical (unpaired) electrons. The van der Waals surface area contributed by atoms with Gasteiger partial charge < -0.3 is 24.4 Å². The van der Waals surface area contributed by atoms with Crippen LogP contribution < -0.4 is 10.1 Å². The number of cyclic esters (lactones) is 1. The van der Waals surface area contributed by atoms with Crippen LogP contribution in [-0.4, -0.2) is 79.3 Å². The number of amides is 2. The number of esters is 2. The molecule has 3 rings (SSSR count). The van der Waals surface area contributed by atoms with Crippen LogP contribution >= 0.6 is 11.8 Å². The third kappa shape index (κ3) is 7.19. The van der Waals surface area contributed by atoms with Crippen LogP contribution in [0.4, 0.5) is 10.5 Å². The molecule has 1 saturated heterocycles. The van der Waals surface area contributed by atoms with E-state index in [1.165, 1.54) is 0 Å². The molecule has 2 aliphatic rings. The Bertz CT molecular complexity index is 1030. The lowest BCUT2D eigenvalue weighted by molar-refractivity contribution is -0.143. The Kier molecular flexibility index (Phi) is 10.7. The van der Waals surface area contributed by atoms with E-state index in [4.69, 9.17) is 14.2 Å². The molecule has 10 heteroatoms. The minimum Gasteiger partial charge on any atom is -0.496 e. The van der Waals surface area contributed by atoms with E-state index in [1.54, 1.807) is 12.0 Å². The molecule has 0 unspecified atom stereocenters. The van der Waals surface area contributed by atoms with Gasteiger partial charge in [0.05, 0.1) is 18.4 Å². The molecule has 1 fully saturated rings. The zero-order chi connectivity index (χ0) is 26.9. The standard InChI is InChI=1S/C27H39N3O6S/c1-6-30(7-2)27(33)28-24-20(25(34-5)19(4)21-16-36-26(32)23(21)24)10-8-18(3)9-11-22(31)35-14-12-29-13-15-37-17-29/h8H,6-7,9-17H2,1-5H3,(H,28,33)/b18-8+. The molecule has 2 aliphatic heterocycles. The Hall–Kier alpha value is -2.72. The number of benzene rings is 1. The smallest absolute Gasteiger partial charge is 0.341 e. The summed E-state index contributed by atoms with van der Waals surface area (Å²) in [7, 11) is 1.58. The van der Waals surface area contributed by atoms with Gasteiger partial charge in [0.2, 0.25) is 0 Å². The summed E-state index contributed by atoms with van der Waals surface area (Å²) < 4.78 is 16.5. The molecule has 0 bridgehead atoms. The Morgan fingerprint density at radius 3 is 2.65 bits per heavy atom. The van der Waals surface area contributed by atoms with Crippen LogP contribution in [0.25, 0.3) is 0 Å². The topological polar surface area (TPSA) is 97.4 Å². The minimum atomic E-state index is -0.451. The highest BCUT2D eigenvalue weighted by Gasteiger charge is 2.33. The number of thioether (sulfide) groups is 1. The molecule has 0 aliphatic carbocycles. The van der Waals surface area contributed by atoms with Crippen molar-refractivity contribution in [3.05, 3.63) is 33.9 Å². The molecule has 0 saturated carbocycles. The minimum absolute atomic E-state index is 0.151. The summed E-state index contributed by atoms with van der Waals surface area (Å²) in [5.74, 6) is 2.10. The van der Waals surface area contributed by atoms with Crippen LogP contribution in [0.3, 0.4) is 0 Å². The Balaban J connectivity index is 1.74. The molecule has 2 amide bonds. The first-order chi connectivity index (χ1) is 17.8. The lowest BCUT2D eigenvalue weighted by Crippen LogP contribution is -2.35. The molecule has 0 aromatic heterocycles.